The molecule has 0 aromatic carbocycles. The van der Waals surface area contributed by atoms with E-state index < -0.39 is 13.6 Å². The molecule has 0 bridgehead atoms. The smallest absolute Gasteiger partial charge is 0.338 e. The van der Waals surface area contributed by atoms with Gasteiger partial charge in [-0.05, 0) is 22.9 Å². The first-order chi connectivity index (χ1) is 9.49. The molecular weight excluding hydrogens is 321 g/mol. The SMILES string of the molecule is O=C(O)CCNP(=O)(O)NCCSSc1ccccn1. The quantitative estimate of drug-likeness (QED) is 0.287. The molecule has 0 aliphatic carbocycles. The van der Waals surface area contributed by atoms with Crippen LogP contribution in [0.3, 0.4) is 0 Å². The van der Waals surface area contributed by atoms with Crippen molar-refractivity contribution in [1.29, 1.82) is 0 Å². The van der Waals surface area contributed by atoms with E-state index in [2.05, 4.69) is 15.2 Å². The second-order valence-electron chi connectivity index (χ2n) is 3.61. The van der Waals surface area contributed by atoms with E-state index >= 15 is 0 Å². The maximum atomic E-state index is 11.5. The summed E-state index contributed by atoms with van der Waals surface area (Å²) in [6, 6.07) is 5.61. The van der Waals surface area contributed by atoms with Crippen molar-refractivity contribution < 1.29 is 19.4 Å². The van der Waals surface area contributed by atoms with Gasteiger partial charge in [0, 0.05) is 25.0 Å². The Hall–Kier alpha value is -0.570. The maximum absolute atomic E-state index is 11.5. The van der Waals surface area contributed by atoms with Gasteiger partial charge in [-0.3, -0.25) is 9.36 Å². The van der Waals surface area contributed by atoms with Gasteiger partial charge in [0.2, 0.25) is 0 Å². The number of carboxylic acid groups (broad SMARTS) is 1. The van der Waals surface area contributed by atoms with Crippen LogP contribution in [0, 0.1) is 0 Å². The highest BCUT2D eigenvalue weighted by Crippen LogP contribution is 2.31. The lowest BCUT2D eigenvalue weighted by molar-refractivity contribution is -0.136. The zero-order chi connectivity index (χ0) is 14.8. The van der Waals surface area contributed by atoms with Crippen molar-refractivity contribution in [2.45, 2.75) is 11.4 Å². The topological polar surface area (TPSA) is 112 Å². The summed E-state index contributed by atoms with van der Waals surface area (Å²) in [4.78, 5) is 23.9. The van der Waals surface area contributed by atoms with E-state index in [-0.39, 0.29) is 13.0 Å². The summed E-state index contributed by atoms with van der Waals surface area (Å²) < 4.78 is 11.5. The molecule has 0 saturated heterocycles. The first-order valence-electron chi connectivity index (χ1n) is 5.75. The molecule has 1 atom stereocenters. The van der Waals surface area contributed by atoms with Gasteiger partial charge in [0.15, 0.2) is 0 Å². The summed E-state index contributed by atoms with van der Waals surface area (Å²) in [6.45, 7) is 0.282. The molecule has 1 aromatic rings. The number of carbonyl (C=O) groups is 1. The first kappa shape index (κ1) is 17.5. The fraction of sp³-hybridized carbons (Fsp3) is 0.400. The second-order valence-corrected chi connectivity index (χ2v) is 7.83. The summed E-state index contributed by atoms with van der Waals surface area (Å²) in [6.07, 6.45) is 1.51. The lowest BCUT2D eigenvalue weighted by Gasteiger charge is -2.13. The van der Waals surface area contributed by atoms with Crippen LogP contribution < -0.4 is 10.2 Å². The molecule has 0 spiro atoms. The minimum atomic E-state index is -3.66. The van der Waals surface area contributed by atoms with Gasteiger partial charge in [-0.2, -0.15) is 0 Å². The van der Waals surface area contributed by atoms with Crippen molar-refractivity contribution in [3.63, 3.8) is 0 Å². The van der Waals surface area contributed by atoms with E-state index in [1.165, 1.54) is 21.6 Å². The molecule has 0 fully saturated rings. The van der Waals surface area contributed by atoms with Crippen molar-refractivity contribution >= 4 is 35.2 Å². The van der Waals surface area contributed by atoms with Gasteiger partial charge in [0.25, 0.3) is 0 Å². The van der Waals surface area contributed by atoms with Crippen LogP contribution in [0.2, 0.25) is 0 Å². The molecule has 1 rings (SSSR count). The molecule has 20 heavy (non-hydrogen) atoms. The second kappa shape index (κ2) is 9.38. The highest BCUT2D eigenvalue weighted by atomic mass is 33.1. The molecule has 1 unspecified atom stereocenters. The van der Waals surface area contributed by atoms with Crippen molar-refractivity contribution in [3.05, 3.63) is 24.4 Å². The standard InChI is InChI=1S/C10H16N3O4PS2/c14-10(15)4-6-12-18(16,17)13-7-8-19-20-9-3-1-2-5-11-9/h1-3,5H,4,6-8H2,(H,14,15)(H3,12,13,16,17). The van der Waals surface area contributed by atoms with E-state index in [1.54, 1.807) is 6.20 Å². The minimum Gasteiger partial charge on any atom is -0.481 e. The van der Waals surface area contributed by atoms with Gasteiger partial charge in [-0.1, -0.05) is 16.9 Å². The molecule has 1 aromatic heterocycles. The predicted molar refractivity (Wildman–Crippen MR) is 80.6 cm³/mol. The van der Waals surface area contributed by atoms with Gasteiger partial charge in [-0.15, -0.1) is 0 Å². The fourth-order valence-corrected chi connectivity index (χ4v) is 3.99. The van der Waals surface area contributed by atoms with Gasteiger partial charge in [0.05, 0.1) is 6.42 Å². The largest absolute Gasteiger partial charge is 0.481 e. The van der Waals surface area contributed by atoms with E-state index in [0.717, 1.165) is 5.03 Å². The van der Waals surface area contributed by atoms with Crippen LogP contribution >= 0.6 is 29.3 Å². The summed E-state index contributed by atoms with van der Waals surface area (Å²) in [5.74, 6) is -0.397. The number of nitrogens with one attached hydrogen (secondary N) is 2. The summed E-state index contributed by atoms with van der Waals surface area (Å²) >= 11 is 0. The number of rotatable bonds is 10. The predicted octanol–water partition coefficient (Wildman–Crippen LogP) is 1.58. The van der Waals surface area contributed by atoms with Crippen LogP contribution in [0.4, 0.5) is 0 Å². The molecule has 0 saturated carbocycles. The molecule has 0 radical (unpaired) electrons. The van der Waals surface area contributed by atoms with E-state index in [1.807, 2.05) is 18.2 Å². The zero-order valence-electron chi connectivity index (χ0n) is 10.6. The molecule has 1 heterocycles. The van der Waals surface area contributed by atoms with Crippen LogP contribution in [-0.4, -0.2) is 39.8 Å². The molecule has 0 amide bonds. The fourth-order valence-electron chi connectivity index (χ4n) is 1.11. The Morgan fingerprint density at radius 2 is 2.10 bits per heavy atom. The number of hydrogen-bond acceptors (Lipinski definition) is 5. The zero-order valence-corrected chi connectivity index (χ0v) is 13.1. The normalized spacial score (nSPS) is 13.8. The van der Waals surface area contributed by atoms with E-state index in [9.17, 15) is 14.3 Å². The third-order valence-corrected chi connectivity index (χ3v) is 5.53. The summed E-state index contributed by atoms with van der Waals surface area (Å²) in [5.41, 5.74) is 0. The maximum Gasteiger partial charge on any atom is 0.338 e. The highest BCUT2D eigenvalue weighted by molar-refractivity contribution is 8.76. The number of nitrogens with zero attached hydrogens (tertiary/aromatic N) is 1. The number of hydrogen-bond donors (Lipinski definition) is 4. The van der Waals surface area contributed by atoms with Crippen LogP contribution in [-0.2, 0) is 9.36 Å². The number of pyridine rings is 1. The Kier molecular flexibility index (Phi) is 8.20. The average Bonchev–Trinajstić information content (AvgIpc) is 2.38. The van der Waals surface area contributed by atoms with Gasteiger partial charge in [-0.25, -0.2) is 15.2 Å². The summed E-state index contributed by atoms with van der Waals surface area (Å²) in [7, 11) is -0.660. The lowest BCUT2D eigenvalue weighted by Crippen LogP contribution is -2.25. The van der Waals surface area contributed by atoms with Gasteiger partial charge < -0.3 is 10.00 Å². The third-order valence-electron chi connectivity index (χ3n) is 1.96. The molecule has 10 heteroatoms. The number of aliphatic carboxylic acids is 1. The van der Waals surface area contributed by atoms with Crippen molar-refractivity contribution in [2.24, 2.45) is 0 Å². The van der Waals surface area contributed by atoms with Crippen LogP contribution in [0.15, 0.2) is 29.4 Å². The first-order valence-corrected chi connectivity index (χ1v) is 9.73. The molecule has 4 N–H and O–H groups in total. The van der Waals surface area contributed by atoms with Gasteiger partial charge >= 0.3 is 13.6 Å². The van der Waals surface area contributed by atoms with Crippen molar-refractivity contribution in [2.75, 3.05) is 18.8 Å². The van der Waals surface area contributed by atoms with E-state index in [4.69, 9.17) is 5.11 Å². The monoisotopic (exact) mass is 337 g/mol. The Morgan fingerprint density at radius 1 is 1.35 bits per heavy atom. The average molecular weight is 337 g/mol. The van der Waals surface area contributed by atoms with Crippen molar-refractivity contribution in [1.82, 2.24) is 15.2 Å². The Bertz CT molecular complexity index is 463. The van der Waals surface area contributed by atoms with Crippen LogP contribution in [0.5, 0.6) is 0 Å². The van der Waals surface area contributed by atoms with Crippen LogP contribution in [0.1, 0.15) is 6.42 Å². The van der Waals surface area contributed by atoms with Crippen LogP contribution in [0.25, 0.3) is 0 Å². The molecule has 0 aliphatic heterocycles. The lowest BCUT2D eigenvalue weighted by atomic mass is 10.5. The van der Waals surface area contributed by atoms with Gasteiger partial charge in [0.1, 0.15) is 5.03 Å². The minimum absolute atomic E-state index is 0.0497. The number of aromatic nitrogens is 1. The highest BCUT2D eigenvalue weighted by Gasteiger charge is 2.16. The van der Waals surface area contributed by atoms with E-state index in [0.29, 0.717) is 12.3 Å². The Morgan fingerprint density at radius 3 is 2.75 bits per heavy atom. The third kappa shape index (κ3) is 8.57. The van der Waals surface area contributed by atoms with Crippen molar-refractivity contribution in [3.8, 4) is 0 Å². The molecule has 0 aliphatic rings. The Balaban J connectivity index is 2.10. The Labute approximate surface area is 124 Å². The molecule has 7 nitrogen and oxygen atoms in total. The number of carboxylic acids is 1. The summed E-state index contributed by atoms with van der Waals surface area (Å²) in [5, 5.41) is 14.1. The molecular formula is C10H16N3O4PS2. The molecule has 112 valence electrons.